The van der Waals surface area contributed by atoms with Crippen LogP contribution in [0.2, 0.25) is 0 Å². The smallest absolute Gasteiger partial charge is 0.125 e. The summed E-state index contributed by atoms with van der Waals surface area (Å²) < 4.78 is 14.6. The maximum Gasteiger partial charge on any atom is 0.125 e. The molecule has 0 radical (unpaired) electrons. The van der Waals surface area contributed by atoms with Gasteiger partial charge in [0.05, 0.1) is 17.1 Å². The summed E-state index contributed by atoms with van der Waals surface area (Å²) in [5.41, 5.74) is 7.82. The fourth-order valence-electron chi connectivity index (χ4n) is 1.51. The Hall–Kier alpha value is -1.84. The molecule has 2 aromatic rings. The van der Waals surface area contributed by atoms with Crippen LogP contribution in [0.15, 0.2) is 30.5 Å². The lowest BCUT2D eigenvalue weighted by Gasteiger charge is -2.05. The van der Waals surface area contributed by atoms with Gasteiger partial charge >= 0.3 is 0 Å². The Labute approximate surface area is 93.7 Å². The molecular weight excluding hydrogens is 205 g/mol. The van der Waals surface area contributed by atoms with E-state index >= 15 is 0 Å². The van der Waals surface area contributed by atoms with Gasteiger partial charge in [-0.2, -0.15) is 5.10 Å². The minimum absolute atomic E-state index is 0.336. The van der Waals surface area contributed by atoms with Gasteiger partial charge in [0.15, 0.2) is 0 Å². The predicted molar refractivity (Wildman–Crippen MR) is 62.0 cm³/mol. The first-order valence-electron chi connectivity index (χ1n) is 5.19. The number of nitrogens with zero attached hydrogens (tertiary/aromatic N) is 2. The zero-order valence-corrected chi connectivity index (χ0v) is 9.31. The molecule has 1 aromatic carbocycles. The molecule has 0 aliphatic carbocycles. The number of hydrogen-bond donors (Lipinski definition) is 1. The highest BCUT2D eigenvalue weighted by Crippen LogP contribution is 2.19. The van der Waals surface area contributed by atoms with Gasteiger partial charge in [-0.15, -0.1) is 0 Å². The van der Waals surface area contributed by atoms with Crippen molar-refractivity contribution < 1.29 is 4.39 Å². The topological polar surface area (TPSA) is 43.8 Å². The fourth-order valence-corrected chi connectivity index (χ4v) is 1.51. The first kappa shape index (κ1) is 10.7. The third-order valence-electron chi connectivity index (χ3n) is 2.44. The van der Waals surface area contributed by atoms with Crippen LogP contribution in [0.3, 0.4) is 0 Å². The van der Waals surface area contributed by atoms with E-state index in [0.717, 1.165) is 5.69 Å². The Kier molecular flexibility index (Phi) is 2.64. The first-order chi connectivity index (χ1) is 7.58. The highest BCUT2D eigenvalue weighted by Gasteiger charge is 2.07. The van der Waals surface area contributed by atoms with Crippen molar-refractivity contribution in [3.8, 4) is 5.69 Å². The van der Waals surface area contributed by atoms with Crippen LogP contribution in [0, 0.1) is 5.82 Å². The van der Waals surface area contributed by atoms with Gasteiger partial charge in [0.2, 0.25) is 0 Å². The number of aromatic nitrogens is 2. The van der Waals surface area contributed by atoms with Gasteiger partial charge in [0, 0.05) is 6.20 Å². The SMILES string of the molecule is CC(C)c1ccn(-c2ccc(F)cc2N)n1. The molecule has 0 amide bonds. The number of halogens is 1. The number of nitrogen functional groups attached to an aromatic ring is 1. The van der Waals surface area contributed by atoms with Crippen LogP contribution < -0.4 is 5.73 Å². The lowest BCUT2D eigenvalue weighted by atomic mass is 10.1. The lowest BCUT2D eigenvalue weighted by molar-refractivity contribution is 0.627. The van der Waals surface area contributed by atoms with Crippen LogP contribution >= 0.6 is 0 Å². The number of rotatable bonds is 2. The number of nitrogens with two attached hydrogens (primary N) is 1. The summed E-state index contributed by atoms with van der Waals surface area (Å²) in [5.74, 6) is 0.0282. The number of anilines is 1. The molecule has 1 heterocycles. The maximum atomic E-state index is 12.9. The predicted octanol–water partition coefficient (Wildman–Crippen LogP) is 2.72. The highest BCUT2D eigenvalue weighted by atomic mass is 19.1. The molecule has 0 fully saturated rings. The molecule has 84 valence electrons. The Morgan fingerprint density at radius 3 is 2.62 bits per heavy atom. The molecule has 0 bridgehead atoms. The van der Waals surface area contributed by atoms with E-state index in [1.54, 1.807) is 10.7 Å². The average Bonchev–Trinajstić information content (AvgIpc) is 2.66. The van der Waals surface area contributed by atoms with E-state index in [1.165, 1.54) is 12.1 Å². The maximum absolute atomic E-state index is 12.9. The van der Waals surface area contributed by atoms with E-state index < -0.39 is 0 Å². The summed E-state index contributed by atoms with van der Waals surface area (Å²) in [6.45, 7) is 4.14. The van der Waals surface area contributed by atoms with Crippen LogP contribution in [-0.4, -0.2) is 9.78 Å². The molecule has 1 aromatic heterocycles. The standard InChI is InChI=1S/C12H14FN3/c1-8(2)11-5-6-16(15-11)12-4-3-9(13)7-10(12)14/h3-8H,14H2,1-2H3. The largest absolute Gasteiger partial charge is 0.397 e. The summed E-state index contributed by atoms with van der Waals surface area (Å²) in [4.78, 5) is 0. The molecule has 0 unspecified atom stereocenters. The normalized spacial score (nSPS) is 11.0. The van der Waals surface area contributed by atoms with Gasteiger partial charge in [-0.05, 0) is 30.2 Å². The first-order valence-corrected chi connectivity index (χ1v) is 5.19. The third kappa shape index (κ3) is 1.91. The quantitative estimate of drug-likeness (QED) is 0.789. The summed E-state index contributed by atoms with van der Waals surface area (Å²) in [6.07, 6.45) is 1.83. The second kappa shape index (κ2) is 3.96. The van der Waals surface area contributed by atoms with Crippen molar-refractivity contribution in [1.29, 1.82) is 0 Å². The Morgan fingerprint density at radius 1 is 1.31 bits per heavy atom. The molecular formula is C12H14FN3. The van der Waals surface area contributed by atoms with Crippen molar-refractivity contribution >= 4 is 5.69 Å². The van der Waals surface area contributed by atoms with Crippen molar-refractivity contribution in [1.82, 2.24) is 9.78 Å². The van der Waals surface area contributed by atoms with Gasteiger partial charge < -0.3 is 5.73 Å². The summed E-state index contributed by atoms with van der Waals surface area (Å²) in [7, 11) is 0. The molecule has 4 heteroatoms. The molecule has 16 heavy (non-hydrogen) atoms. The second-order valence-electron chi connectivity index (χ2n) is 4.04. The van der Waals surface area contributed by atoms with E-state index in [4.69, 9.17) is 5.73 Å². The second-order valence-corrected chi connectivity index (χ2v) is 4.04. The van der Waals surface area contributed by atoms with Gasteiger partial charge in [-0.1, -0.05) is 13.8 Å². The third-order valence-corrected chi connectivity index (χ3v) is 2.44. The van der Waals surface area contributed by atoms with Crippen molar-refractivity contribution in [2.75, 3.05) is 5.73 Å². The summed E-state index contributed by atoms with van der Waals surface area (Å²) >= 11 is 0. The van der Waals surface area contributed by atoms with E-state index in [2.05, 4.69) is 18.9 Å². The van der Waals surface area contributed by atoms with Crippen molar-refractivity contribution in [2.24, 2.45) is 0 Å². The van der Waals surface area contributed by atoms with E-state index in [-0.39, 0.29) is 5.82 Å². The van der Waals surface area contributed by atoms with E-state index in [0.29, 0.717) is 17.3 Å². The minimum atomic E-state index is -0.336. The summed E-state index contributed by atoms with van der Waals surface area (Å²) in [6, 6.07) is 6.24. The Morgan fingerprint density at radius 2 is 2.06 bits per heavy atom. The van der Waals surface area contributed by atoms with Crippen molar-refractivity contribution in [3.63, 3.8) is 0 Å². The van der Waals surface area contributed by atoms with Crippen molar-refractivity contribution in [2.45, 2.75) is 19.8 Å². The van der Waals surface area contributed by atoms with E-state index in [9.17, 15) is 4.39 Å². The molecule has 0 aliphatic rings. The molecule has 0 aliphatic heterocycles. The van der Waals surface area contributed by atoms with Crippen LogP contribution in [0.5, 0.6) is 0 Å². The van der Waals surface area contributed by atoms with Crippen molar-refractivity contribution in [3.05, 3.63) is 42.0 Å². The zero-order chi connectivity index (χ0) is 11.7. The van der Waals surface area contributed by atoms with Crippen LogP contribution in [0.1, 0.15) is 25.5 Å². The van der Waals surface area contributed by atoms with Gasteiger partial charge in [0.1, 0.15) is 5.82 Å². The molecule has 0 atom stereocenters. The number of hydrogen-bond acceptors (Lipinski definition) is 2. The highest BCUT2D eigenvalue weighted by molar-refractivity contribution is 5.57. The lowest BCUT2D eigenvalue weighted by Crippen LogP contribution is -2.01. The Balaban J connectivity index is 2.42. The number of benzene rings is 1. The molecule has 0 saturated carbocycles. The average molecular weight is 219 g/mol. The molecule has 3 nitrogen and oxygen atoms in total. The minimum Gasteiger partial charge on any atom is -0.397 e. The van der Waals surface area contributed by atoms with Crippen LogP contribution in [0.4, 0.5) is 10.1 Å². The molecule has 0 spiro atoms. The Bertz CT molecular complexity index is 503. The summed E-state index contributed by atoms with van der Waals surface area (Å²) in [5, 5.41) is 4.38. The monoisotopic (exact) mass is 219 g/mol. The molecule has 0 saturated heterocycles. The van der Waals surface area contributed by atoms with Gasteiger partial charge in [0.25, 0.3) is 0 Å². The zero-order valence-electron chi connectivity index (χ0n) is 9.31. The van der Waals surface area contributed by atoms with Crippen LogP contribution in [-0.2, 0) is 0 Å². The van der Waals surface area contributed by atoms with Gasteiger partial charge in [-0.25, -0.2) is 9.07 Å². The van der Waals surface area contributed by atoms with E-state index in [1.807, 2.05) is 12.3 Å². The van der Waals surface area contributed by atoms with Gasteiger partial charge in [-0.3, -0.25) is 0 Å². The fraction of sp³-hybridized carbons (Fsp3) is 0.250. The molecule has 2 rings (SSSR count). The molecule has 2 N–H and O–H groups in total. The van der Waals surface area contributed by atoms with Crippen LogP contribution in [0.25, 0.3) is 5.69 Å².